The van der Waals surface area contributed by atoms with Crippen molar-refractivity contribution in [1.29, 1.82) is 0 Å². The summed E-state index contributed by atoms with van der Waals surface area (Å²) in [7, 11) is 0. The number of rotatable bonds is 6. The number of hydrogen-bond acceptors (Lipinski definition) is 3. The molecule has 2 aromatic carbocycles. The van der Waals surface area contributed by atoms with Crippen molar-refractivity contribution in [3.63, 3.8) is 0 Å². The van der Waals surface area contributed by atoms with Gasteiger partial charge in [0.2, 0.25) is 0 Å². The minimum Gasteiger partial charge on any atom is -0.489 e. The van der Waals surface area contributed by atoms with Gasteiger partial charge in [0.1, 0.15) is 18.5 Å². The number of aliphatic hydroxyl groups excluding tert-OH is 1. The molecule has 106 valence electrons. The van der Waals surface area contributed by atoms with Crippen LogP contribution in [0.25, 0.3) is 0 Å². The summed E-state index contributed by atoms with van der Waals surface area (Å²) in [6.45, 7) is 0.123. The molecule has 0 bridgehead atoms. The van der Waals surface area contributed by atoms with Crippen molar-refractivity contribution in [2.24, 2.45) is 5.73 Å². The maximum Gasteiger partial charge on any atom is 0.138 e. The fraction of sp³-hybridized carbons (Fsp3) is 0.250. The third kappa shape index (κ3) is 4.23. The van der Waals surface area contributed by atoms with E-state index in [1.807, 2.05) is 42.5 Å². The third-order valence-corrected chi connectivity index (χ3v) is 3.37. The number of halogens is 1. The van der Waals surface area contributed by atoms with Crippen LogP contribution in [0.15, 0.2) is 54.6 Å². The van der Waals surface area contributed by atoms with Crippen LogP contribution in [-0.4, -0.2) is 23.9 Å². The molecule has 3 N–H and O–H groups in total. The number of para-hydroxylation sites is 1. The van der Waals surface area contributed by atoms with Gasteiger partial charge in [0.15, 0.2) is 0 Å². The lowest BCUT2D eigenvalue weighted by molar-refractivity contribution is 0.0852. The Balaban J connectivity index is 1.85. The molecular weight excluding hydrogens is 274 g/mol. The number of benzene rings is 2. The van der Waals surface area contributed by atoms with Crippen LogP contribution in [0.1, 0.15) is 5.56 Å². The van der Waals surface area contributed by atoms with Gasteiger partial charge < -0.3 is 15.6 Å². The van der Waals surface area contributed by atoms with Gasteiger partial charge in [-0.1, -0.05) is 54.1 Å². The summed E-state index contributed by atoms with van der Waals surface area (Å²) in [5, 5.41) is 10.6. The maximum atomic E-state index is 10.0. The first-order valence-corrected chi connectivity index (χ1v) is 6.89. The van der Waals surface area contributed by atoms with Gasteiger partial charge in [-0.3, -0.25) is 0 Å². The highest BCUT2D eigenvalue weighted by Crippen LogP contribution is 2.23. The van der Waals surface area contributed by atoms with E-state index < -0.39 is 6.10 Å². The number of hydrogen-bond donors (Lipinski definition) is 2. The Morgan fingerprint density at radius 2 is 1.70 bits per heavy atom. The molecule has 0 amide bonds. The van der Waals surface area contributed by atoms with E-state index >= 15 is 0 Å². The second-order valence-electron chi connectivity index (χ2n) is 4.66. The minimum atomic E-state index is -0.744. The van der Waals surface area contributed by atoms with Crippen molar-refractivity contribution in [1.82, 2.24) is 0 Å². The summed E-state index contributed by atoms with van der Waals surface area (Å²) in [6, 6.07) is 16.6. The molecule has 2 unspecified atom stereocenters. The van der Waals surface area contributed by atoms with Gasteiger partial charge in [-0.2, -0.15) is 0 Å². The molecular formula is C16H18ClNO2. The summed E-state index contributed by atoms with van der Waals surface area (Å²) in [5.74, 6) is 0.556. The SMILES string of the molecule is NC(Cc1ccccc1)C(O)COc1ccccc1Cl. The lowest BCUT2D eigenvalue weighted by Crippen LogP contribution is -2.40. The number of nitrogens with two attached hydrogens (primary N) is 1. The van der Waals surface area contributed by atoms with Crippen molar-refractivity contribution in [2.75, 3.05) is 6.61 Å². The fourth-order valence-corrected chi connectivity index (χ4v) is 2.07. The Hall–Kier alpha value is -1.55. The summed E-state index contributed by atoms with van der Waals surface area (Å²) < 4.78 is 5.50. The van der Waals surface area contributed by atoms with Crippen LogP contribution in [-0.2, 0) is 6.42 Å². The molecule has 0 aliphatic carbocycles. The second kappa shape index (κ2) is 7.29. The van der Waals surface area contributed by atoms with Crippen molar-refractivity contribution < 1.29 is 9.84 Å². The molecule has 4 heteroatoms. The Labute approximate surface area is 123 Å². The average Bonchev–Trinajstić information content (AvgIpc) is 2.47. The summed E-state index contributed by atoms with van der Waals surface area (Å²) in [5.41, 5.74) is 7.08. The van der Waals surface area contributed by atoms with Crippen LogP contribution in [0.5, 0.6) is 5.75 Å². The topological polar surface area (TPSA) is 55.5 Å². The van der Waals surface area contributed by atoms with Crippen LogP contribution in [0.3, 0.4) is 0 Å². The largest absolute Gasteiger partial charge is 0.489 e. The Bertz CT molecular complexity index is 533. The van der Waals surface area contributed by atoms with Crippen molar-refractivity contribution in [3.05, 3.63) is 65.2 Å². The zero-order chi connectivity index (χ0) is 14.4. The van der Waals surface area contributed by atoms with Gasteiger partial charge in [0.25, 0.3) is 0 Å². The van der Waals surface area contributed by atoms with E-state index in [2.05, 4.69) is 0 Å². The molecule has 2 aromatic rings. The summed E-state index contributed by atoms with van der Waals surface area (Å²) in [4.78, 5) is 0. The zero-order valence-electron chi connectivity index (χ0n) is 11.1. The van der Waals surface area contributed by atoms with Crippen molar-refractivity contribution in [3.8, 4) is 5.75 Å². The molecule has 20 heavy (non-hydrogen) atoms. The molecule has 0 spiro atoms. The third-order valence-electron chi connectivity index (χ3n) is 3.05. The van der Waals surface area contributed by atoms with Gasteiger partial charge in [-0.15, -0.1) is 0 Å². The van der Waals surface area contributed by atoms with Gasteiger partial charge in [-0.05, 0) is 24.1 Å². The molecule has 2 atom stereocenters. The van der Waals surface area contributed by atoms with Crippen LogP contribution >= 0.6 is 11.6 Å². The summed E-state index contributed by atoms with van der Waals surface area (Å²) >= 11 is 5.98. The fourth-order valence-electron chi connectivity index (χ4n) is 1.88. The van der Waals surface area contributed by atoms with Gasteiger partial charge in [-0.25, -0.2) is 0 Å². The van der Waals surface area contributed by atoms with Crippen LogP contribution < -0.4 is 10.5 Å². The van der Waals surface area contributed by atoms with E-state index in [1.54, 1.807) is 12.1 Å². The van der Waals surface area contributed by atoms with Gasteiger partial charge >= 0.3 is 0 Å². The molecule has 0 aromatic heterocycles. The quantitative estimate of drug-likeness (QED) is 0.860. The Morgan fingerprint density at radius 1 is 1.05 bits per heavy atom. The number of aliphatic hydroxyl groups is 1. The van der Waals surface area contributed by atoms with Crippen molar-refractivity contribution >= 4 is 11.6 Å². The van der Waals surface area contributed by atoms with Crippen LogP contribution in [0.4, 0.5) is 0 Å². The predicted molar refractivity (Wildman–Crippen MR) is 81.1 cm³/mol. The van der Waals surface area contributed by atoms with E-state index in [0.29, 0.717) is 17.2 Å². The highest BCUT2D eigenvalue weighted by atomic mass is 35.5. The normalized spacial score (nSPS) is 13.8. The molecule has 2 rings (SSSR count). The molecule has 0 fully saturated rings. The lowest BCUT2D eigenvalue weighted by atomic mass is 10.0. The molecule has 0 radical (unpaired) electrons. The first kappa shape index (κ1) is 14.9. The molecule has 0 heterocycles. The molecule has 0 aliphatic rings. The smallest absolute Gasteiger partial charge is 0.138 e. The zero-order valence-corrected chi connectivity index (χ0v) is 11.8. The van der Waals surface area contributed by atoms with E-state index in [0.717, 1.165) is 5.56 Å². The van der Waals surface area contributed by atoms with E-state index in [4.69, 9.17) is 22.1 Å². The van der Waals surface area contributed by atoms with E-state index in [1.165, 1.54) is 0 Å². The highest BCUT2D eigenvalue weighted by Gasteiger charge is 2.16. The van der Waals surface area contributed by atoms with Crippen molar-refractivity contribution in [2.45, 2.75) is 18.6 Å². The maximum absolute atomic E-state index is 10.0. The standard InChI is InChI=1S/C16H18ClNO2/c17-13-8-4-5-9-16(13)20-11-15(19)14(18)10-12-6-2-1-3-7-12/h1-9,14-15,19H,10-11,18H2. The summed E-state index contributed by atoms with van der Waals surface area (Å²) in [6.07, 6.45) is -0.139. The Kier molecular flexibility index (Phi) is 5.41. The second-order valence-corrected chi connectivity index (χ2v) is 5.07. The van der Waals surface area contributed by atoms with Crippen LogP contribution in [0, 0.1) is 0 Å². The van der Waals surface area contributed by atoms with E-state index in [9.17, 15) is 5.11 Å². The monoisotopic (exact) mass is 291 g/mol. The molecule has 3 nitrogen and oxygen atoms in total. The average molecular weight is 292 g/mol. The van der Waals surface area contributed by atoms with Crippen LogP contribution in [0.2, 0.25) is 5.02 Å². The molecule has 0 saturated heterocycles. The molecule has 0 saturated carbocycles. The minimum absolute atomic E-state index is 0.123. The number of ether oxygens (including phenoxy) is 1. The Morgan fingerprint density at radius 3 is 2.40 bits per heavy atom. The lowest BCUT2D eigenvalue weighted by Gasteiger charge is -2.19. The highest BCUT2D eigenvalue weighted by molar-refractivity contribution is 6.32. The first-order valence-electron chi connectivity index (χ1n) is 6.51. The molecule has 0 aliphatic heterocycles. The van der Waals surface area contributed by atoms with Gasteiger partial charge in [0.05, 0.1) is 5.02 Å². The predicted octanol–water partition coefficient (Wildman–Crippen LogP) is 2.65. The first-order chi connectivity index (χ1) is 9.66. The van der Waals surface area contributed by atoms with E-state index in [-0.39, 0.29) is 12.6 Å². The van der Waals surface area contributed by atoms with Gasteiger partial charge in [0, 0.05) is 6.04 Å².